The number of carbonyl (C=O) groups is 3. The van der Waals surface area contributed by atoms with Gasteiger partial charge in [0.15, 0.2) is 0 Å². The van der Waals surface area contributed by atoms with Crippen molar-refractivity contribution in [3.8, 4) is 0 Å². The zero-order valence-electron chi connectivity index (χ0n) is 20.2. The molecule has 0 aliphatic carbocycles. The largest absolute Gasteiger partial charge is 0.308 e. The number of fused-ring (bicyclic) bond motifs is 3. The predicted octanol–water partition coefficient (Wildman–Crippen LogP) is 4.36. The van der Waals surface area contributed by atoms with E-state index in [1.807, 2.05) is 29.2 Å². The van der Waals surface area contributed by atoms with Crippen molar-refractivity contribution >= 4 is 34.2 Å². The summed E-state index contributed by atoms with van der Waals surface area (Å²) in [6.07, 6.45) is 1.70. The lowest BCUT2D eigenvalue weighted by molar-refractivity contribution is -0.119. The molecule has 6 nitrogen and oxygen atoms in total. The summed E-state index contributed by atoms with van der Waals surface area (Å²) in [6.45, 7) is 4.25. The Morgan fingerprint density at radius 3 is 2.43 bits per heavy atom. The minimum absolute atomic E-state index is 0.0755. The molecule has 0 radical (unpaired) electrons. The number of hydrogen-bond donors (Lipinski definition) is 0. The molecule has 6 rings (SSSR count). The van der Waals surface area contributed by atoms with Gasteiger partial charge in [-0.2, -0.15) is 0 Å². The molecule has 0 N–H and O–H groups in total. The van der Waals surface area contributed by atoms with E-state index in [1.165, 1.54) is 16.0 Å². The Labute approximate surface area is 205 Å². The number of likely N-dealkylation sites (N-methyl/N-ethyl adjacent to an activating group) is 1. The first-order valence-electron chi connectivity index (χ1n) is 12.4. The Balaban J connectivity index is 1.20. The first-order chi connectivity index (χ1) is 16.9. The van der Waals surface area contributed by atoms with Gasteiger partial charge in [-0.15, -0.1) is 0 Å². The van der Waals surface area contributed by atoms with E-state index in [0.717, 1.165) is 36.0 Å². The average Bonchev–Trinajstić information content (AvgIpc) is 3.17. The van der Waals surface area contributed by atoms with Crippen LogP contribution in [0.25, 0.3) is 10.8 Å². The van der Waals surface area contributed by atoms with Gasteiger partial charge in [0, 0.05) is 53.7 Å². The Hall–Kier alpha value is -3.51. The van der Waals surface area contributed by atoms with Crippen molar-refractivity contribution in [3.63, 3.8) is 0 Å². The first kappa shape index (κ1) is 22.0. The molecule has 6 heteroatoms. The van der Waals surface area contributed by atoms with Gasteiger partial charge in [0.1, 0.15) is 0 Å². The third-order valence-corrected chi connectivity index (χ3v) is 7.85. The molecule has 0 unspecified atom stereocenters. The smallest absolute Gasteiger partial charge is 0.261 e. The number of rotatable bonds is 4. The number of likely N-dealkylation sites (tertiary alicyclic amines) is 1. The van der Waals surface area contributed by atoms with Crippen molar-refractivity contribution in [2.45, 2.75) is 38.1 Å². The minimum atomic E-state index is -0.274. The highest BCUT2D eigenvalue weighted by atomic mass is 16.2. The van der Waals surface area contributed by atoms with Gasteiger partial charge in [0.2, 0.25) is 5.91 Å². The number of carbonyl (C=O) groups excluding carboxylic acids is 3. The molecule has 1 fully saturated rings. The van der Waals surface area contributed by atoms with Crippen LogP contribution in [0.15, 0.2) is 54.6 Å². The Morgan fingerprint density at radius 1 is 1.00 bits per heavy atom. The Bertz CT molecular complexity index is 1330. The molecule has 3 aliphatic rings. The molecular weight excluding hydrogens is 438 g/mol. The van der Waals surface area contributed by atoms with Crippen LogP contribution < -0.4 is 4.90 Å². The van der Waals surface area contributed by atoms with Gasteiger partial charge in [0.25, 0.3) is 11.8 Å². The van der Waals surface area contributed by atoms with Gasteiger partial charge in [-0.1, -0.05) is 42.0 Å². The highest BCUT2D eigenvalue weighted by Gasteiger charge is 2.43. The van der Waals surface area contributed by atoms with E-state index < -0.39 is 0 Å². The van der Waals surface area contributed by atoms with E-state index >= 15 is 0 Å². The SMILES string of the molecule is Cc1ccc2c(c1)[C@@H]1CN(C)CC[C@@H]1N2C(=O)CCCN1C(=O)c2cccc3cccc(c23)C1=O. The number of hydrogen-bond acceptors (Lipinski definition) is 4. The number of anilines is 1. The maximum Gasteiger partial charge on any atom is 0.261 e. The molecule has 178 valence electrons. The molecular formula is C29H29N3O3. The second kappa shape index (κ2) is 8.31. The summed E-state index contributed by atoms with van der Waals surface area (Å²) in [5, 5.41) is 1.63. The third kappa shape index (κ3) is 3.47. The molecule has 3 amide bonds. The quantitative estimate of drug-likeness (QED) is 0.535. The van der Waals surface area contributed by atoms with Crippen molar-refractivity contribution in [1.29, 1.82) is 0 Å². The van der Waals surface area contributed by atoms with Crippen LogP contribution in [0.4, 0.5) is 5.69 Å². The summed E-state index contributed by atoms with van der Waals surface area (Å²) in [7, 11) is 2.14. The second-order valence-corrected chi connectivity index (χ2v) is 10.1. The van der Waals surface area contributed by atoms with E-state index in [1.54, 1.807) is 12.1 Å². The van der Waals surface area contributed by atoms with Gasteiger partial charge in [-0.25, -0.2) is 0 Å². The lowest BCUT2D eigenvalue weighted by Gasteiger charge is -2.36. The first-order valence-corrected chi connectivity index (χ1v) is 12.4. The van der Waals surface area contributed by atoms with Crippen molar-refractivity contribution in [3.05, 3.63) is 76.9 Å². The van der Waals surface area contributed by atoms with E-state index in [9.17, 15) is 14.4 Å². The van der Waals surface area contributed by atoms with Crippen molar-refractivity contribution in [2.24, 2.45) is 0 Å². The molecule has 0 saturated carbocycles. The fourth-order valence-corrected chi connectivity index (χ4v) is 6.20. The fraction of sp³-hybridized carbons (Fsp3) is 0.345. The van der Waals surface area contributed by atoms with Crippen molar-refractivity contribution < 1.29 is 14.4 Å². The van der Waals surface area contributed by atoms with E-state index in [2.05, 4.69) is 37.1 Å². The van der Waals surface area contributed by atoms with Gasteiger partial charge < -0.3 is 9.80 Å². The molecule has 2 atom stereocenters. The number of amides is 3. The highest BCUT2D eigenvalue weighted by molar-refractivity contribution is 6.25. The minimum Gasteiger partial charge on any atom is -0.308 e. The summed E-state index contributed by atoms with van der Waals surface area (Å²) in [4.78, 5) is 45.5. The second-order valence-electron chi connectivity index (χ2n) is 10.1. The lowest BCUT2D eigenvalue weighted by Crippen LogP contribution is -2.47. The molecule has 3 aromatic carbocycles. The average molecular weight is 468 g/mol. The van der Waals surface area contributed by atoms with Gasteiger partial charge in [-0.05, 0) is 62.5 Å². The summed E-state index contributed by atoms with van der Waals surface area (Å²) >= 11 is 0. The number of imide groups is 1. The molecule has 1 saturated heterocycles. The van der Waals surface area contributed by atoms with Crippen LogP contribution in [0, 0.1) is 6.92 Å². The Morgan fingerprint density at radius 2 is 1.71 bits per heavy atom. The standard InChI is InChI=1S/C29H29N3O3/c1-18-11-12-24-22(16-18)23-17-30(2)15-13-25(23)32(24)26(33)10-5-14-31-28(34)20-8-3-6-19-7-4-9-21(27(19)20)29(31)35/h3-4,6-9,11-12,16,23,25H,5,10,13-15,17H2,1-2H3/t23-,25-/m0/s1. The van der Waals surface area contributed by atoms with Crippen molar-refractivity contribution in [1.82, 2.24) is 9.80 Å². The van der Waals surface area contributed by atoms with Crippen LogP contribution in [0.5, 0.6) is 0 Å². The third-order valence-electron chi connectivity index (χ3n) is 7.85. The van der Waals surface area contributed by atoms with E-state index in [-0.39, 0.29) is 30.3 Å². The topological polar surface area (TPSA) is 60.9 Å². The monoisotopic (exact) mass is 467 g/mol. The summed E-state index contributed by atoms with van der Waals surface area (Å²) in [5.41, 5.74) is 4.61. The molecule has 3 heterocycles. The van der Waals surface area contributed by atoms with E-state index in [0.29, 0.717) is 29.9 Å². The van der Waals surface area contributed by atoms with Crippen LogP contribution in [-0.4, -0.2) is 60.2 Å². The van der Waals surface area contributed by atoms with Crippen LogP contribution >= 0.6 is 0 Å². The molecule has 3 aromatic rings. The maximum absolute atomic E-state index is 13.5. The zero-order chi connectivity index (χ0) is 24.3. The summed E-state index contributed by atoms with van der Waals surface area (Å²) in [5.74, 6) is -0.144. The van der Waals surface area contributed by atoms with Crippen LogP contribution in [0.2, 0.25) is 0 Å². The number of nitrogens with zero attached hydrogens (tertiary/aromatic N) is 3. The van der Waals surface area contributed by atoms with Crippen LogP contribution in [0.3, 0.4) is 0 Å². The fourth-order valence-electron chi connectivity index (χ4n) is 6.20. The maximum atomic E-state index is 13.5. The zero-order valence-corrected chi connectivity index (χ0v) is 20.2. The molecule has 0 spiro atoms. The molecule has 0 aromatic heterocycles. The van der Waals surface area contributed by atoms with Gasteiger partial charge in [0.05, 0.1) is 0 Å². The van der Waals surface area contributed by atoms with Crippen LogP contribution in [-0.2, 0) is 4.79 Å². The molecule has 3 aliphatic heterocycles. The van der Waals surface area contributed by atoms with Gasteiger partial charge in [-0.3, -0.25) is 19.3 Å². The van der Waals surface area contributed by atoms with Gasteiger partial charge >= 0.3 is 0 Å². The summed E-state index contributed by atoms with van der Waals surface area (Å²) in [6, 6.07) is 17.7. The van der Waals surface area contributed by atoms with E-state index in [4.69, 9.17) is 0 Å². The lowest BCUT2D eigenvalue weighted by atomic mass is 9.89. The Kier molecular flexibility index (Phi) is 5.22. The number of benzene rings is 3. The summed E-state index contributed by atoms with van der Waals surface area (Å²) < 4.78 is 0. The highest BCUT2D eigenvalue weighted by Crippen LogP contribution is 2.45. The molecule has 0 bridgehead atoms. The van der Waals surface area contributed by atoms with Crippen LogP contribution in [0.1, 0.15) is 57.0 Å². The van der Waals surface area contributed by atoms with Crippen molar-refractivity contribution in [2.75, 3.05) is 31.6 Å². The molecule has 35 heavy (non-hydrogen) atoms. The predicted molar refractivity (Wildman–Crippen MR) is 136 cm³/mol. The number of aryl methyl sites for hydroxylation is 1. The normalized spacial score (nSPS) is 21.4. The number of piperidine rings is 1.